The van der Waals surface area contributed by atoms with Crippen LogP contribution in [0.25, 0.3) is 0 Å². The summed E-state index contributed by atoms with van der Waals surface area (Å²) in [5.74, 6) is 0.961. The van der Waals surface area contributed by atoms with Crippen LogP contribution in [0, 0.1) is 0 Å². The molecule has 0 saturated carbocycles. The molecule has 0 aromatic carbocycles. The van der Waals surface area contributed by atoms with Crippen molar-refractivity contribution in [1.29, 1.82) is 0 Å². The lowest BCUT2D eigenvalue weighted by atomic mass is 10.3. The Bertz CT molecular complexity index is 285. The van der Waals surface area contributed by atoms with E-state index in [9.17, 15) is 0 Å². The van der Waals surface area contributed by atoms with Crippen LogP contribution in [-0.4, -0.2) is 40.9 Å². The first kappa shape index (κ1) is 12.4. The van der Waals surface area contributed by atoms with Gasteiger partial charge in [-0.2, -0.15) is 4.37 Å². The lowest BCUT2D eigenvalue weighted by molar-refractivity contribution is 0.326. The molecule has 1 aromatic heterocycles. The molecule has 1 aromatic rings. The number of hydrogen-bond donors (Lipinski definition) is 1. The molecular weight excluding hydrogens is 208 g/mol. The van der Waals surface area contributed by atoms with E-state index in [0.717, 1.165) is 30.3 Å². The Morgan fingerprint density at radius 2 is 2.20 bits per heavy atom. The summed E-state index contributed by atoms with van der Waals surface area (Å²) in [6.45, 7) is 5.23. The Morgan fingerprint density at radius 1 is 1.47 bits per heavy atom. The van der Waals surface area contributed by atoms with Gasteiger partial charge in [0.2, 0.25) is 5.13 Å². The highest BCUT2D eigenvalue weighted by Crippen LogP contribution is 2.12. The van der Waals surface area contributed by atoms with Crippen LogP contribution in [0.1, 0.15) is 26.1 Å². The fourth-order valence-electron chi connectivity index (χ4n) is 1.07. The Hall–Kier alpha value is -0.680. The van der Waals surface area contributed by atoms with Crippen LogP contribution < -0.4 is 5.32 Å². The van der Waals surface area contributed by atoms with Crippen molar-refractivity contribution in [1.82, 2.24) is 14.3 Å². The number of rotatable bonds is 6. The largest absolute Gasteiger partial charge is 0.359 e. The van der Waals surface area contributed by atoms with Crippen molar-refractivity contribution in [2.45, 2.75) is 32.7 Å². The molecule has 86 valence electrons. The Morgan fingerprint density at radius 3 is 2.80 bits per heavy atom. The van der Waals surface area contributed by atoms with Gasteiger partial charge in [0.1, 0.15) is 5.82 Å². The molecule has 0 saturated heterocycles. The van der Waals surface area contributed by atoms with Gasteiger partial charge in [-0.3, -0.25) is 0 Å². The topological polar surface area (TPSA) is 41.1 Å². The molecule has 0 aliphatic carbocycles. The summed E-state index contributed by atoms with van der Waals surface area (Å²) in [7, 11) is 4.16. The fourth-order valence-corrected chi connectivity index (χ4v) is 1.69. The molecule has 1 atom stereocenters. The first-order chi connectivity index (χ1) is 7.13. The van der Waals surface area contributed by atoms with Gasteiger partial charge in [0.15, 0.2) is 0 Å². The minimum absolute atomic E-state index is 0.503. The molecule has 5 heteroatoms. The van der Waals surface area contributed by atoms with Crippen molar-refractivity contribution in [3.05, 3.63) is 5.82 Å². The van der Waals surface area contributed by atoms with E-state index >= 15 is 0 Å². The highest BCUT2D eigenvalue weighted by Gasteiger charge is 2.06. The zero-order valence-electron chi connectivity index (χ0n) is 9.95. The van der Waals surface area contributed by atoms with E-state index in [1.807, 2.05) is 0 Å². The average molecular weight is 228 g/mol. The van der Waals surface area contributed by atoms with Gasteiger partial charge >= 0.3 is 0 Å². The van der Waals surface area contributed by atoms with Crippen LogP contribution in [0.5, 0.6) is 0 Å². The summed E-state index contributed by atoms with van der Waals surface area (Å²) < 4.78 is 4.28. The van der Waals surface area contributed by atoms with Gasteiger partial charge in [0, 0.05) is 30.5 Å². The number of hydrogen-bond acceptors (Lipinski definition) is 5. The quantitative estimate of drug-likeness (QED) is 0.807. The second-order valence-electron chi connectivity index (χ2n) is 3.96. The maximum absolute atomic E-state index is 4.41. The average Bonchev–Trinajstić information content (AvgIpc) is 2.62. The highest BCUT2D eigenvalue weighted by molar-refractivity contribution is 7.09. The van der Waals surface area contributed by atoms with Crippen molar-refractivity contribution in [2.24, 2.45) is 0 Å². The van der Waals surface area contributed by atoms with Crippen LogP contribution in [0.3, 0.4) is 0 Å². The molecular formula is C10H20N4S. The summed E-state index contributed by atoms with van der Waals surface area (Å²) in [6, 6.07) is 0.503. The molecule has 1 heterocycles. The summed E-state index contributed by atoms with van der Waals surface area (Å²) in [6.07, 6.45) is 2.08. The number of nitrogens with zero attached hydrogens (tertiary/aromatic N) is 3. The van der Waals surface area contributed by atoms with Gasteiger partial charge in [0.05, 0.1) is 0 Å². The van der Waals surface area contributed by atoms with E-state index in [2.05, 4.69) is 47.5 Å². The van der Waals surface area contributed by atoms with Gasteiger partial charge in [-0.25, -0.2) is 4.98 Å². The third-order valence-electron chi connectivity index (χ3n) is 2.37. The smallest absolute Gasteiger partial charge is 0.202 e. The minimum atomic E-state index is 0.503. The van der Waals surface area contributed by atoms with Crippen molar-refractivity contribution >= 4 is 16.7 Å². The molecule has 0 radical (unpaired) electrons. The zero-order chi connectivity index (χ0) is 11.3. The predicted octanol–water partition coefficient (Wildman–Crippen LogP) is 1.85. The molecule has 0 spiro atoms. The molecule has 0 bridgehead atoms. The van der Waals surface area contributed by atoms with Crippen molar-refractivity contribution in [3.63, 3.8) is 0 Å². The first-order valence-corrected chi connectivity index (χ1v) is 6.13. The highest BCUT2D eigenvalue weighted by atomic mass is 32.1. The Balaban J connectivity index is 2.37. The van der Waals surface area contributed by atoms with Gasteiger partial charge < -0.3 is 10.2 Å². The number of aromatic nitrogens is 2. The van der Waals surface area contributed by atoms with Crippen LogP contribution in [-0.2, 0) is 6.42 Å². The lowest BCUT2D eigenvalue weighted by Gasteiger charge is -2.19. The number of aryl methyl sites for hydroxylation is 1. The van der Waals surface area contributed by atoms with Crippen LogP contribution in [0.4, 0.5) is 5.13 Å². The van der Waals surface area contributed by atoms with E-state index in [1.54, 1.807) is 0 Å². The summed E-state index contributed by atoms with van der Waals surface area (Å²) in [4.78, 5) is 6.59. The third-order valence-corrected chi connectivity index (χ3v) is 3.08. The third kappa shape index (κ3) is 4.13. The van der Waals surface area contributed by atoms with Gasteiger partial charge in [0.25, 0.3) is 0 Å². The van der Waals surface area contributed by atoms with Crippen molar-refractivity contribution in [2.75, 3.05) is 26.0 Å². The molecule has 0 aliphatic rings. The lowest BCUT2D eigenvalue weighted by Crippen LogP contribution is -2.31. The van der Waals surface area contributed by atoms with Crippen molar-refractivity contribution in [3.8, 4) is 0 Å². The number of likely N-dealkylation sites (N-methyl/N-ethyl adjacent to an activating group) is 1. The minimum Gasteiger partial charge on any atom is -0.359 e. The second kappa shape index (κ2) is 6.02. The van der Waals surface area contributed by atoms with Crippen LogP contribution in [0.2, 0.25) is 0 Å². The second-order valence-corrected chi connectivity index (χ2v) is 4.71. The van der Waals surface area contributed by atoms with Crippen molar-refractivity contribution < 1.29 is 0 Å². The van der Waals surface area contributed by atoms with Crippen LogP contribution >= 0.6 is 11.5 Å². The van der Waals surface area contributed by atoms with Gasteiger partial charge in [-0.05, 0) is 27.4 Å². The Kier molecular flexibility index (Phi) is 4.98. The Labute approximate surface area is 95.9 Å². The van der Waals surface area contributed by atoms with E-state index in [-0.39, 0.29) is 0 Å². The first-order valence-electron chi connectivity index (χ1n) is 5.36. The van der Waals surface area contributed by atoms with E-state index in [1.165, 1.54) is 11.5 Å². The molecule has 0 fully saturated rings. The molecule has 1 N–H and O–H groups in total. The van der Waals surface area contributed by atoms with Gasteiger partial charge in [-0.15, -0.1) is 0 Å². The summed E-state index contributed by atoms with van der Waals surface area (Å²) >= 11 is 1.45. The number of nitrogens with one attached hydrogen (secondary N) is 1. The van der Waals surface area contributed by atoms with Gasteiger partial charge in [-0.1, -0.05) is 6.92 Å². The fraction of sp³-hybridized carbons (Fsp3) is 0.800. The standard InChI is InChI=1S/C10H20N4S/c1-5-6-9-12-10(15-13-9)11-7-8(2)14(3)4/h8H,5-7H2,1-4H3,(H,11,12,13). The molecule has 4 nitrogen and oxygen atoms in total. The van der Waals surface area contributed by atoms with E-state index in [4.69, 9.17) is 0 Å². The van der Waals surface area contributed by atoms with E-state index < -0.39 is 0 Å². The maximum Gasteiger partial charge on any atom is 0.202 e. The van der Waals surface area contributed by atoms with E-state index in [0.29, 0.717) is 6.04 Å². The molecule has 15 heavy (non-hydrogen) atoms. The summed E-state index contributed by atoms with van der Waals surface area (Å²) in [5, 5.41) is 4.24. The maximum atomic E-state index is 4.41. The molecule has 1 unspecified atom stereocenters. The summed E-state index contributed by atoms with van der Waals surface area (Å²) in [5.41, 5.74) is 0. The predicted molar refractivity (Wildman–Crippen MR) is 65.5 cm³/mol. The van der Waals surface area contributed by atoms with Crippen LogP contribution in [0.15, 0.2) is 0 Å². The molecule has 0 amide bonds. The monoisotopic (exact) mass is 228 g/mol. The zero-order valence-corrected chi connectivity index (χ0v) is 10.8. The molecule has 0 aliphatic heterocycles. The SMILES string of the molecule is CCCc1nsc(NCC(C)N(C)C)n1. The normalized spacial score (nSPS) is 13.1. The number of anilines is 1. The molecule has 1 rings (SSSR count).